The predicted molar refractivity (Wildman–Crippen MR) is 161 cm³/mol. The number of nitrogens with zero attached hydrogens (tertiary/aromatic N) is 5. The summed E-state index contributed by atoms with van der Waals surface area (Å²) in [6.07, 6.45) is 4.50. The summed E-state index contributed by atoms with van der Waals surface area (Å²) in [4.78, 5) is 23.3. The first-order chi connectivity index (χ1) is 20.1. The van der Waals surface area contributed by atoms with Gasteiger partial charge in [0.1, 0.15) is 22.6 Å². The Bertz CT molecular complexity index is 2050. The summed E-state index contributed by atoms with van der Waals surface area (Å²) in [7, 11) is 0. The molecule has 0 saturated heterocycles. The van der Waals surface area contributed by atoms with Gasteiger partial charge in [-0.2, -0.15) is 0 Å². The second-order valence-corrected chi connectivity index (χ2v) is 10.7. The van der Waals surface area contributed by atoms with Crippen LogP contribution in [-0.4, -0.2) is 24.9 Å². The van der Waals surface area contributed by atoms with Gasteiger partial charge in [-0.3, -0.25) is 9.97 Å². The van der Waals surface area contributed by atoms with Crippen LogP contribution in [0, 0.1) is 0 Å². The molecule has 0 amide bonds. The second kappa shape index (κ2) is 8.89. The summed E-state index contributed by atoms with van der Waals surface area (Å²) in [5.74, 6) is 1.53. The Morgan fingerprint density at radius 2 is 1.27 bits per heavy atom. The maximum absolute atomic E-state index is 6.49. The lowest BCUT2D eigenvalue weighted by atomic mass is 9.78. The molecular formula is C35H25N5O. The van der Waals surface area contributed by atoms with Crippen molar-refractivity contribution in [3.05, 3.63) is 115 Å². The highest BCUT2D eigenvalue weighted by molar-refractivity contribution is 6.08. The van der Waals surface area contributed by atoms with Gasteiger partial charge in [-0.15, -0.1) is 0 Å². The number of hydrogen-bond acceptors (Lipinski definition) is 6. The standard InChI is InChI=1S/C35H25N5O/c1-3-35(2)26-11-5-4-10-22(26)24-20-31-25(19-27(24)35)23-15-14-21(18-30(23)41-31)32-38-33(28-12-6-8-16-36-28)40-34(39-32)29-13-7-9-17-37-29/h4-20H,3H2,1-2H3. The number of pyridine rings is 2. The van der Waals surface area contributed by atoms with Crippen LogP contribution in [0.3, 0.4) is 0 Å². The van der Waals surface area contributed by atoms with Crippen molar-refractivity contribution in [3.63, 3.8) is 0 Å². The predicted octanol–water partition coefficient (Wildman–Crippen LogP) is 8.26. The molecule has 1 atom stereocenters. The Morgan fingerprint density at radius 1 is 0.610 bits per heavy atom. The van der Waals surface area contributed by atoms with Crippen molar-refractivity contribution in [2.75, 3.05) is 0 Å². The van der Waals surface area contributed by atoms with Crippen LogP contribution in [0.1, 0.15) is 31.4 Å². The molecule has 3 aromatic carbocycles. The summed E-state index contributed by atoms with van der Waals surface area (Å²) in [6, 6.07) is 30.9. The molecule has 6 heteroatoms. The lowest BCUT2D eigenvalue weighted by molar-refractivity contribution is 0.565. The molecule has 7 aromatic rings. The van der Waals surface area contributed by atoms with Crippen molar-refractivity contribution in [1.82, 2.24) is 24.9 Å². The SMILES string of the molecule is CCC1(C)c2ccccc2-c2cc3oc4cc(-c5nc(-c6ccccn6)nc(-c6ccccn6)n5)ccc4c3cc21. The molecule has 0 aliphatic heterocycles. The topological polar surface area (TPSA) is 77.6 Å². The molecule has 0 N–H and O–H groups in total. The van der Waals surface area contributed by atoms with Crippen LogP contribution in [0.2, 0.25) is 0 Å². The summed E-state index contributed by atoms with van der Waals surface area (Å²) in [6.45, 7) is 4.62. The average molecular weight is 532 g/mol. The van der Waals surface area contributed by atoms with E-state index in [1.54, 1.807) is 12.4 Å². The fourth-order valence-corrected chi connectivity index (χ4v) is 6.09. The van der Waals surface area contributed by atoms with Crippen molar-refractivity contribution in [1.29, 1.82) is 0 Å². The number of rotatable bonds is 4. The van der Waals surface area contributed by atoms with Gasteiger partial charge in [0.15, 0.2) is 17.5 Å². The number of fused-ring (bicyclic) bond motifs is 6. The quantitative estimate of drug-likeness (QED) is 0.227. The van der Waals surface area contributed by atoms with Crippen molar-refractivity contribution >= 4 is 21.9 Å². The smallest absolute Gasteiger partial charge is 0.182 e. The Hall–Kier alpha value is -5.23. The first-order valence-electron chi connectivity index (χ1n) is 13.8. The van der Waals surface area contributed by atoms with E-state index in [2.05, 4.69) is 72.3 Å². The van der Waals surface area contributed by atoms with Crippen LogP contribution in [-0.2, 0) is 5.41 Å². The first-order valence-corrected chi connectivity index (χ1v) is 13.8. The number of hydrogen-bond donors (Lipinski definition) is 0. The minimum atomic E-state index is -0.0295. The molecule has 4 heterocycles. The molecule has 196 valence electrons. The zero-order valence-corrected chi connectivity index (χ0v) is 22.7. The van der Waals surface area contributed by atoms with Gasteiger partial charge >= 0.3 is 0 Å². The molecule has 8 rings (SSSR count). The van der Waals surface area contributed by atoms with E-state index in [0.29, 0.717) is 28.9 Å². The van der Waals surface area contributed by atoms with Crippen LogP contribution in [0.15, 0.2) is 108 Å². The first kappa shape index (κ1) is 23.6. The molecule has 0 radical (unpaired) electrons. The Balaban J connectivity index is 1.30. The van der Waals surface area contributed by atoms with E-state index in [1.165, 1.54) is 22.3 Å². The maximum atomic E-state index is 6.49. The summed E-state index contributed by atoms with van der Waals surface area (Å²) < 4.78 is 6.49. The van der Waals surface area contributed by atoms with E-state index < -0.39 is 0 Å². The van der Waals surface area contributed by atoms with Gasteiger partial charge in [-0.05, 0) is 77.2 Å². The fraction of sp³-hybridized carbons (Fsp3) is 0.114. The third-order valence-corrected chi connectivity index (χ3v) is 8.41. The van der Waals surface area contributed by atoms with Crippen LogP contribution >= 0.6 is 0 Å². The molecule has 41 heavy (non-hydrogen) atoms. The molecule has 0 saturated carbocycles. The molecule has 1 unspecified atom stereocenters. The van der Waals surface area contributed by atoms with Gasteiger partial charge in [0.2, 0.25) is 0 Å². The van der Waals surface area contributed by atoms with Crippen molar-refractivity contribution in [2.45, 2.75) is 25.7 Å². The summed E-state index contributed by atoms with van der Waals surface area (Å²) >= 11 is 0. The van der Waals surface area contributed by atoms with Gasteiger partial charge in [0, 0.05) is 34.1 Å². The molecule has 0 bridgehead atoms. The van der Waals surface area contributed by atoms with Crippen LogP contribution in [0.25, 0.3) is 67.5 Å². The second-order valence-electron chi connectivity index (χ2n) is 10.7. The summed E-state index contributed by atoms with van der Waals surface area (Å²) in [5, 5.41) is 2.20. The maximum Gasteiger partial charge on any atom is 0.182 e. The normalized spacial score (nSPS) is 15.8. The largest absolute Gasteiger partial charge is 0.456 e. The van der Waals surface area contributed by atoms with Gasteiger partial charge in [0.25, 0.3) is 0 Å². The van der Waals surface area contributed by atoms with E-state index in [0.717, 1.165) is 33.9 Å². The summed E-state index contributed by atoms with van der Waals surface area (Å²) in [5.41, 5.74) is 9.13. The average Bonchev–Trinajstić information content (AvgIpc) is 3.52. The highest BCUT2D eigenvalue weighted by Gasteiger charge is 2.38. The number of aromatic nitrogens is 5. The Labute approximate surface area is 236 Å². The minimum absolute atomic E-state index is 0.0295. The van der Waals surface area contributed by atoms with Crippen molar-refractivity contribution in [3.8, 4) is 45.6 Å². The van der Waals surface area contributed by atoms with E-state index in [4.69, 9.17) is 19.4 Å². The van der Waals surface area contributed by atoms with E-state index in [9.17, 15) is 0 Å². The minimum Gasteiger partial charge on any atom is -0.456 e. The number of benzene rings is 3. The molecule has 6 nitrogen and oxygen atoms in total. The monoisotopic (exact) mass is 531 g/mol. The van der Waals surface area contributed by atoms with Crippen molar-refractivity contribution in [2.24, 2.45) is 0 Å². The van der Waals surface area contributed by atoms with E-state index >= 15 is 0 Å². The zero-order valence-electron chi connectivity index (χ0n) is 22.7. The van der Waals surface area contributed by atoms with Crippen LogP contribution in [0.5, 0.6) is 0 Å². The third-order valence-electron chi connectivity index (χ3n) is 8.41. The van der Waals surface area contributed by atoms with E-state index in [-0.39, 0.29) is 5.41 Å². The van der Waals surface area contributed by atoms with Gasteiger partial charge < -0.3 is 4.42 Å². The molecule has 4 aromatic heterocycles. The highest BCUT2D eigenvalue weighted by atomic mass is 16.3. The molecular weight excluding hydrogens is 506 g/mol. The van der Waals surface area contributed by atoms with Gasteiger partial charge in [-0.25, -0.2) is 15.0 Å². The van der Waals surface area contributed by atoms with E-state index in [1.807, 2.05) is 42.5 Å². The molecule has 1 aliphatic rings. The number of furan rings is 1. The lowest BCUT2D eigenvalue weighted by Gasteiger charge is -2.25. The fourth-order valence-electron chi connectivity index (χ4n) is 6.09. The Morgan fingerprint density at radius 3 is 1.95 bits per heavy atom. The molecule has 1 aliphatic carbocycles. The molecule has 0 spiro atoms. The van der Waals surface area contributed by atoms with Gasteiger partial charge in [-0.1, -0.05) is 56.3 Å². The molecule has 0 fully saturated rings. The lowest BCUT2D eigenvalue weighted by Crippen LogP contribution is -2.18. The van der Waals surface area contributed by atoms with Crippen molar-refractivity contribution < 1.29 is 4.42 Å². The van der Waals surface area contributed by atoms with Crippen LogP contribution in [0.4, 0.5) is 0 Å². The zero-order chi connectivity index (χ0) is 27.6. The van der Waals surface area contributed by atoms with Crippen LogP contribution < -0.4 is 0 Å². The van der Waals surface area contributed by atoms with Gasteiger partial charge in [0.05, 0.1) is 0 Å². The Kier molecular flexibility index (Phi) is 5.13. The highest BCUT2D eigenvalue weighted by Crippen LogP contribution is 2.52. The third kappa shape index (κ3) is 3.61.